The summed E-state index contributed by atoms with van der Waals surface area (Å²) in [5, 5.41) is 21.7. The Hall–Kier alpha value is -2.77. The largest absolute Gasteiger partial charge is 0.391 e. The smallest absolute Gasteiger partial charge is 0.245 e. The Bertz CT molecular complexity index is 1080. The van der Waals surface area contributed by atoms with Crippen molar-refractivity contribution in [3.63, 3.8) is 0 Å². The topological polar surface area (TPSA) is 186 Å². The second-order valence-electron chi connectivity index (χ2n) is 14.7. The van der Waals surface area contributed by atoms with Crippen molar-refractivity contribution in [3.8, 4) is 0 Å². The highest BCUT2D eigenvalue weighted by Gasteiger charge is 2.39. The summed E-state index contributed by atoms with van der Waals surface area (Å²) in [5.74, 6) is -2.09. The summed E-state index contributed by atoms with van der Waals surface area (Å²) in [6.07, 6.45) is 7.91. The van der Waals surface area contributed by atoms with Gasteiger partial charge in [-0.25, -0.2) is 0 Å². The summed E-state index contributed by atoms with van der Waals surface area (Å²) >= 11 is 0. The minimum Gasteiger partial charge on any atom is -0.391 e. The quantitative estimate of drug-likeness (QED) is 0.229. The van der Waals surface area contributed by atoms with Crippen molar-refractivity contribution >= 4 is 29.5 Å². The highest BCUT2D eigenvalue weighted by Crippen LogP contribution is 2.28. The Labute approximate surface area is 280 Å². The highest BCUT2D eigenvalue weighted by atomic mass is 16.3. The third-order valence-corrected chi connectivity index (χ3v) is 10.2. The lowest BCUT2D eigenvalue weighted by molar-refractivity contribution is -0.144. The molecule has 3 rings (SSSR count). The minimum atomic E-state index is -1.30. The van der Waals surface area contributed by atoms with E-state index in [9.17, 15) is 29.1 Å². The van der Waals surface area contributed by atoms with Crippen LogP contribution in [0.25, 0.3) is 0 Å². The Morgan fingerprint density at radius 2 is 1.43 bits per heavy atom. The van der Waals surface area contributed by atoms with Crippen LogP contribution in [0, 0.1) is 17.8 Å². The Morgan fingerprint density at radius 1 is 0.809 bits per heavy atom. The molecule has 7 atom stereocenters. The maximum absolute atomic E-state index is 14.2. The monoisotopic (exact) mass is 663 g/mol. The van der Waals surface area contributed by atoms with Crippen molar-refractivity contribution in [1.82, 2.24) is 31.1 Å². The van der Waals surface area contributed by atoms with Crippen LogP contribution in [-0.2, 0) is 24.0 Å². The first-order chi connectivity index (χ1) is 22.2. The van der Waals surface area contributed by atoms with Crippen LogP contribution < -0.4 is 27.0 Å². The van der Waals surface area contributed by atoms with Crippen molar-refractivity contribution in [2.75, 3.05) is 26.7 Å². The van der Waals surface area contributed by atoms with E-state index in [-0.39, 0.29) is 24.3 Å². The van der Waals surface area contributed by atoms with Gasteiger partial charge in [0.25, 0.3) is 0 Å². The summed E-state index contributed by atoms with van der Waals surface area (Å²) in [7, 11) is 1.65. The molecule has 0 aromatic rings. The van der Waals surface area contributed by atoms with Crippen molar-refractivity contribution in [2.45, 2.75) is 141 Å². The fourth-order valence-corrected chi connectivity index (χ4v) is 7.40. The van der Waals surface area contributed by atoms with E-state index in [1.165, 1.54) is 11.8 Å². The van der Waals surface area contributed by atoms with Crippen molar-refractivity contribution in [1.29, 1.82) is 0 Å². The van der Waals surface area contributed by atoms with Gasteiger partial charge in [-0.3, -0.25) is 28.9 Å². The number of nitrogens with two attached hydrogens (primary N) is 1. The maximum atomic E-state index is 14.2. The van der Waals surface area contributed by atoms with Crippen LogP contribution in [0.1, 0.15) is 98.8 Å². The van der Waals surface area contributed by atoms with Crippen molar-refractivity contribution in [3.05, 3.63) is 0 Å². The molecule has 2 aliphatic carbocycles. The molecule has 0 aromatic heterocycles. The van der Waals surface area contributed by atoms with Crippen LogP contribution in [-0.4, -0.2) is 113 Å². The molecule has 0 aromatic carbocycles. The lowest BCUT2D eigenvalue weighted by atomic mass is 9.83. The van der Waals surface area contributed by atoms with E-state index in [2.05, 4.69) is 26.2 Å². The van der Waals surface area contributed by atoms with Crippen LogP contribution in [0.5, 0.6) is 0 Å². The first-order valence-electron chi connectivity index (χ1n) is 17.8. The van der Waals surface area contributed by atoms with Gasteiger partial charge in [-0.1, -0.05) is 46.0 Å². The summed E-state index contributed by atoms with van der Waals surface area (Å²) in [4.78, 5) is 72.5. The summed E-state index contributed by atoms with van der Waals surface area (Å²) in [5.41, 5.74) is 5.94. The van der Waals surface area contributed by atoms with Crippen LogP contribution in [0.2, 0.25) is 0 Å². The third-order valence-electron chi connectivity index (χ3n) is 10.2. The van der Waals surface area contributed by atoms with Gasteiger partial charge < -0.3 is 37.0 Å². The van der Waals surface area contributed by atoms with E-state index in [4.69, 9.17) is 5.73 Å². The standard InChI is InChI=1S/C34H61N7O6/c1-20(2)16-27-31(44)39-29(25-14-8-7-9-15-25)33(46)37-26(17-35)30(43)38-28(23(5)42)32(45)36-21(3)18-41(19-24-12-10-11-13-24)22(4)34(47)40(27)6/h20-29,42H,7-19,35H2,1-6H3,(H,36,45)(H,37,46)(H,38,43)(H,39,44)/t21?,22-,23-,26-,27-,28-,29?/m0/s1. The average Bonchev–Trinajstić information content (AvgIpc) is 3.54. The number of likely N-dealkylation sites (N-methyl/N-ethyl adjacent to an activating group) is 1. The van der Waals surface area contributed by atoms with E-state index < -0.39 is 66.0 Å². The van der Waals surface area contributed by atoms with Gasteiger partial charge >= 0.3 is 0 Å². The van der Waals surface area contributed by atoms with E-state index >= 15 is 0 Å². The molecule has 0 bridgehead atoms. The van der Waals surface area contributed by atoms with Crippen LogP contribution in [0.15, 0.2) is 0 Å². The molecule has 2 unspecified atom stereocenters. The highest BCUT2D eigenvalue weighted by molar-refractivity contribution is 5.96. The molecule has 0 spiro atoms. The zero-order valence-corrected chi connectivity index (χ0v) is 29.4. The van der Waals surface area contributed by atoms with Crippen molar-refractivity contribution < 1.29 is 29.1 Å². The second kappa shape index (κ2) is 18.1. The van der Waals surface area contributed by atoms with E-state index in [0.29, 0.717) is 25.4 Å². The molecule has 3 fully saturated rings. The van der Waals surface area contributed by atoms with Gasteiger partial charge in [0.1, 0.15) is 24.2 Å². The van der Waals surface area contributed by atoms with Crippen LogP contribution in [0.4, 0.5) is 0 Å². The lowest BCUT2D eigenvalue weighted by Crippen LogP contribution is -2.63. The van der Waals surface area contributed by atoms with Gasteiger partial charge in [-0.05, 0) is 70.6 Å². The predicted molar refractivity (Wildman–Crippen MR) is 180 cm³/mol. The number of hydrogen-bond acceptors (Lipinski definition) is 8. The number of carbonyl (C=O) groups excluding carboxylic acids is 5. The summed E-state index contributed by atoms with van der Waals surface area (Å²) in [6, 6.07) is -5.26. The number of carbonyl (C=O) groups is 5. The van der Waals surface area contributed by atoms with Gasteiger partial charge in [0.05, 0.1) is 12.1 Å². The van der Waals surface area contributed by atoms with Gasteiger partial charge in [0.15, 0.2) is 0 Å². The normalized spacial score (nSPS) is 31.5. The molecule has 3 aliphatic rings. The molecular weight excluding hydrogens is 602 g/mol. The third kappa shape index (κ3) is 10.9. The number of aliphatic hydroxyl groups is 1. The number of rotatable bonds is 7. The molecule has 13 heteroatoms. The number of nitrogens with zero attached hydrogens (tertiary/aromatic N) is 2. The zero-order valence-electron chi connectivity index (χ0n) is 29.4. The molecule has 13 nitrogen and oxygen atoms in total. The van der Waals surface area contributed by atoms with Gasteiger partial charge in [-0.2, -0.15) is 0 Å². The molecule has 1 saturated heterocycles. The molecule has 7 N–H and O–H groups in total. The molecule has 1 heterocycles. The minimum absolute atomic E-state index is 0.0909. The lowest BCUT2D eigenvalue weighted by Gasteiger charge is -2.38. The average molecular weight is 664 g/mol. The molecule has 268 valence electrons. The molecule has 5 amide bonds. The zero-order chi connectivity index (χ0) is 34.8. The number of nitrogens with one attached hydrogen (secondary N) is 4. The van der Waals surface area contributed by atoms with Crippen LogP contribution in [0.3, 0.4) is 0 Å². The molecule has 47 heavy (non-hydrogen) atoms. The fraction of sp³-hybridized carbons (Fsp3) is 0.853. The maximum Gasteiger partial charge on any atom is 0.245 e. The predicted octanol–water partition coefficient (Wildman–Crippen LogP) is 0.633. The molecule has 2 saturated carbocycles. The van der Waals surface area contributed by atoms with E-state index in [1.54, 1.807) is 7.05 Å². The molecule has 0 radical (unpaired) electrons. The van der Waals surface area contributed by atoms with E-state index in [1.807, 2.05) is 27.7 Å². The molecule has 1 aliphatic heterocycles. The van der Waals surface area contributed by atoms with Crippen LogP contribution >= 0.6 is 0 Å². The number of amides is 5. The van der Waals surface area contributed by atoms with Gasteiger partial charge in [-0.15, -0.1) is 0 Å². The van der Waals surface area contributed by atoms with Gasteiger partial charge in [0, 0.05) is 32.7 Å². The summed E-state index contributed by atoms with van der Waals surface area (Å²) in [6.45, 7) is 9.83. The SMILES string of the molecule is CC(C)C[C@H]1C(=O)NC(C2CCCCC2)C(=O)N[C@@H](CN)C(=O)N[C@@H]([C@H](C)O)C(=O)NC(C)CN(CC2CCCC2)[C@@H](C)C(=O)N1C. The van der Waals surface area contributed by atoms with Crippen molar-refractivity contribution in [2.24, 2.45) is 23.5 Å². The second-order valence-corrected chi connectivity index (χ2v) is 14.7. The first-order valence-corrected chi connectivity index (χ1v) is 17.8. The van der Waals surface area contributed by atoms with E-state index in [0.717, 1.165) is 57.8 Å². The number of hydrogen-bond donors (Lipinski definition) is 6. The molecular formula is C34H61N7O6. The Balaban J connectivity index is 2.03. The Kier molecular flexibility index (Phi) is 14.9. The summed E-state index contributed by atoms with van der Waals surface area (Å²) < 4.78 is 0. The first kappa shape index (κ1) is 38.7. The van der Waals surface area contributed by atoms with Gasteiger partial charge in [0.2, 0.25) is 29.5 Å². The number of aliphatic hydroxyl groups excluding tert-OH is 1. The Morgan fingerprint density at radius 3 is 2.00 bits per heavy atom. The fourth-order valence-electron chi connectivity index (χ4n) is 7.40.